The van der Waals surface area contributed by atoms with Crippen LogP contribution in [0.25, 0.3) is 0 Å². The van der Waals surface area contributed by atoms with Gasteiger partial charge in [0, 0.05) is 24.3 Å². The number of hydrogen-bond donors (Lipinski definition) is 0. The third-order valence-corrected chi connectivity index (χ3v) is 7.58. The SMILES string of the molecule is CCN(Cc1cnc(S(=O)(=O)Cc2ccccc2F)n1C[C@@H]1CCCO1)C(=O)c1ccc(F)cc1. The lowest BCUT2D eigenvalue weighted by atomic mass is 10.2. The zero-order chi connectivity index (χ0) is 25.0. The van der Waals surface area contributed by atoms with Gasteiger partial charge >= 0.3 is 0 Å². The molecule has 0 saturated carbocycles. The highest BCUT2D eigenvalue weighted by molar-refractivity contribution is 7.90. The summed E-state index contributed by atoms with van der Waals surface area (Å²) in [7, 11) is -4.00. The van der Waals surface area contributed by atoms with Crippen LogP contribution in [0.15, 0.2) is 59.9 Å². The Labute approximate surface area is 203 Å². The van der Waals surface area contributed by atoms with Crippen LogP contribution in [0.2, 0.25) is 0 Å². The van der Waals surface area contributed by atoms with Crippen LogP contribution in [0.1, 0.15) is 41.4 Å². The molecule has 1 amide bonds. The minimum atomic E-state index is -4.00. The van der Waals surface area contributed by atoms with Crippen LogP contribution >= 0.6 is 0 Å². The van der Waals surface area contributed by atoms with Crippen molar-refractivity contribution in [3.8, 4) is 0 Å². The molecule has 1 fully saturated rings. The first-order valence-electron chi connectivity index (χ1n) is 11.5. The van der Waals surface area contributed by atoms with E-state index in [4.69, 9.17) is 4.74 Å². The van der Waals surface area contributed by atoms with Crippen LogP contribution in [0.3, 0.4) is 0 Å². The number of benzene rings is 2. The normalized spacial score (nSPS) is 15.9. The van der Waals surface area contributed by atoms with Crippen molar-refractivity contribution >= 4 is 15.7 Å². The van der Waals surface area contributed by atoms with Gasteiger partial charge in [-0.15, -0.1) is 0 Å². The summed E-state index contributed by atoms with van der Waals surface area (Å²) in [5.41, 5.74) is 0.901. The predicted molar refractivity (Wildman–Crippen MR) is 125 cm³/mol. The number of sulfone groups is 1. The molecule has 2 heterocycles. The molecule has 10 heteroatoms. The lowest BCUT2D eigenvalue weighted by molar-refractivity contribution is 0.0741. The van der Waals surface area contributed by atoms with E-state index in [1.807, 2.05) is 0 Å². The lowest BCUT2D eigenvalue weighted by Gasteiger charge is -2.23. The van der Waals surface area contributed by atoms with Crippen LogP contribution < -0.4 is 0 Å². The average molecular weight is 504 g/mol. The van der Waals surface area contributed by atoms with Gasteiger partial charge in [-0.05, 0) is 50.1 Å². The Morgan fingerprint density at radius 1 is 1.17 bits per heavy atom. The number of halogens is 2. The Hall–Kier alpha value is -3.11. The number of imidazole rings is 1. The maximum absolute atomic E-state index is 14.2. The Balaban J connectivity index is 1.65. The lowest BCUT2D eigenvalue weighted by Crippen LogP contribution is -2.32. The monoisotopic (exact) mass is 503 g/mol. The first kappa shape index (κ1) is 25.0. The van der Waals surface area contributed by atoms with Crippen molar-refractivity contribution in [2.45, 2.75) is 49.9 Å². The first-order valence-corrected chi connectivity index (χ1v) is 13.1. The number of nitrogens with zero attached hydrogens (tertiary/aromatic N) is 3. The summed E-state index contributed by atoms with van der Waals surface area (Å²) in [5, 5.41) is -0.184. The van der Waals surface area contributed by atoms with Crippen molar-refractivity contribution in [2.24, 2.45) is 0 Å². The van der Waals surface area contributed by atoms with E-state index in [2.05, 4.69) is 4.98 Å². The Bertz CT molecular complexity index is 1290. The number of amides is 1. The quantitative estimate of drug-likeness (QED) is 0.441. The largest absolute Gasteiger partial charge is 0.376 e. The van der Waals surface area contributed by atoms with Gasteiger partial charge in [0.15, 0.2) is 0 Å². The molecule has 0 radical (unpaired) electrons. The fourth-order valence-electron chi connectivity index (χ4n) is 4.14. The molecule has 0 bridgehead atoms. The van der Waals surface area contributed by atoms with E-state index in [1.54, 1.807) is 17.6 Å². The van der Waals surface area contributed by atoms with Crippen molar-refractivity contribution in [1.82, 2.24) is 14.5 Å². The van der Waals surface area contributed by atoms with E-state index in [-0.39, 0.29) is 35.8 Å². The van der Waals surface area contributed by atoms with Crippen LogP contribution in [0, 0.1) is 11.6 Å². The summed E-state index contributed by atoms with van der Waals surface area (Å²) >= 11 is 0. The standard InChI is InChI=1S/C25H27F2N3O4S/c1-2-29(24(31)18-9-11-20(26)12-10-18)15-21-14-28-25(30(21)16-22-7-5-13-34-22)35(32,33)17-19-6-3-4-8-23(19)27/h3-4,6,8-12,14,22H,2,5,7,13,15-17H2,1H3/t22-/m0/s1. The molecule has 7 nitrogen and oxygen atoms in total. The van der Waals surface area contributed by atoms with E-state index in [9.17, 15) is 22.0 Å². The van der Waals surface area contributed by atoms with E-state index in [0.717, 1.165) is 12.8 Å². The molecule has 1 aromatic heterocycles. The number of carbonyl (C=O) groups excluding carboxylic acids is 1. The maximum atomic E-state index is 14.2. The van der Waals surface area contributed by atoms with Gasteiger partial charge in [-0.2, -0.15) is 0 Å². The average Bonchev–Trinajstić information content (AvgIpc) is 3.50. The second-order valence-corrected chi connectivity index (χ2v) is 10.3. The smallest absolute Gasteiger partial charge is 0.254 e. The number of aromatic nitrogens is 2. The molecule has 35 heavy (non-hydrogen) atoms. The van der Waals surface area contributed by atoms with Crippen LogP contribution in [-0.4, -0.2) is 48.0 Å². The van der Waals surface area contributed by atoms with Crippen molar-refractivity contribution in [1.29, 1.82) is 0 Å². The van der Waals surface area contributed by atoms with Crippen molar-refractivity contribution in [3.05, 3.63) is 83.2 Å². The van der Waals surface area contributed by atoms with Gasteiger partial charge in [0.1, 0.15) is 11.6 Å². The highest BCUT2D eigenvalue weighted by Crippen LogP contribution is 2.23. The topological polar surface area (TPSA) is 81.5 Å². The van der Waals surface area contributed by atoms with Crippen molar-refractivity contribution in [3.63, 3.8) is 0 Å². The number of carbonyl (C=O) groups is 1. The van der Waals surface area contributed by atoms with Crippen LogP contribution in [0.4, 0.5) is 8.78 Å². The van der Waals surface area contributed by atoms with Crippen LogP contribution in [-0.2, 0) is 33.4 Å². The summed E-state index contributed by atoms with van der Waals surface area (Å²) in [6.07, 6.45) is 2.89. The molecule has 1 aliphatic rings. The van der Waals surface area contributed by atoms with E-state index in [1.165, 1.54) is 53.6 Å². The summed E-state index contributed by atoms with van der Waals surface area (Å²) in [4.78, 5) is 18.7. The maximum Gasteiger partial charge on any atom is 0.254 e. The second kappa shape index (κ2) is 10.7. The fraction of sp³-hybridized carbons (Fsp3) is 0.360. The highest BCUT2D eigenvalue weighted by atomic mass is 32.2. The molecular formula is C25H27F2N3O4S. The van der Waals surface area contributed by atoms with Crippen LogP contribution in [0.5, 0.6) is 0 Å². The molecule has 2 aromatic carbocycles. The Morgan fingerprint density at radius 2 is 1.91 bits per heavy atom. The third kappa shape index (κ3) is 5.76. The van der Waals surface area contributed by atoms with E-state index in [0.29, 0.717) is 24.4 Å². The molecule has 1 saturated heterocycles. The fourth-order valence-corrected chi connectivity index (χ4v) is 5.65. The number of hydrogen-bond acceptors (Lipinski definition) is 5. The highest BCUT2D eigenvalue weighted by Gasteiger charge is 2.29. The Morgan fingerprint density at radius 3 is 2.57 bits per heavy atom. The van der Waals surface area contributed by atoms with Gasteiger partial charge in [0.05, 0.1) is 36.8 Å². The molecule has 1 atom stereocenters. The second-order valence-electron chi connectivity index (χ2n) is 8.45. The summed E-state index contributed by atoms with van der Waals surface area (Å²) in [6, 6.07) is 11.0. The van der Waals surface area contributed by atoms with Gasteiger partial charge in [-0.3, -0.25) is 4.79 Å². The van der Waals surface area contributed by atoms with Gasteiger partial charge in [0.2, 0.25) is 15.0 Å². The van der Waals surface area contributed by atoms with Crippen molar-refractivity contribution < 1.29 is 26.7 Å². The number of ether oxygens (including phenoxy) is 1. The molecule has 0 aliphatic carbocycles. The third-order valence-electron chi connectivity index (χ3n) is 6.01. The first-order chi connectivity index (χ1) is 16.8. The van der Waals surface area contributed by atoms with Crippen molar-refractivity contribution in [2.75, 3.05) is 13.2 Å². The Kier molecular flexibility index (Phi) is 7.61. The molecule has 4 rings (SSSR count). The minimum Gasteiger partial charge on any atom is -0.376 e. The number of rotatable bonds is 9. The molecule has 0 spiro atoms. The molecule has 1 aliphatic heterocycles. The van der Waals surface area contributed by atoms with Gasteiger partial charge in [-0.25, -0.2) is 22.2 Å². The summed E-state index contributed by atoms with van der Waals surface area (Å²) in [5.74, 6) is -1.89. The molecule has 186 valence electrons. The molecule has 0 unspecified atom stereocenters. The van der Waals surface area contributed by atoms with E-state index >= 15 is 0 Å². The molecule has 3 aromatic rings. The zero-order valence-corrected chi connectivity index (χ0v) is 20.2. The van der Waals surface area contributed by atoms with Gasteiger partial charge in [-0.1, -0.05) is 18.2 Å². The zero-order valence-electron chi connectivity index (χ0n) is 19.4. The van der Waals surface area contributed by atoms with Gasteiger partial charge in [0.25, 0.3) is 5.91 Å². The molecular weight excluding hydrogens is 476 g/mol. The van der Waals surface area contributed by atoms with E-state index < -0.39 is 27.2 Å². The molecule has 0 N–H and O–H groups in total. The summed E-state index contributed by atoms with van der Waals surface area (Å²) < 4.78 is 61.4. The minimum absolute atomic E-state index is 0.0578. The van der Waals surface area contributed by atoms with Gasteiger partial charge < -0.3 is 14.2 Å². The predicted octanol–water partition coefficient (Wildman–Crippen LogP) is 3.98. The summed E-state index contributed by atoms with van der Waals surface area (Å²) in [6.45, 7) is 3.10.